The number of anilines is 1. The summed E-state index contributed by atoms with van der Waals surface area (Å²) in [7, 11) is 1.97. The van der Waals surface area contributed by atoms with Gasteiger partial charge in [-0.2, -0.15) is 0 Å². The molecule has 0 saturated carbocycles. The van der Waals surface area contributed by atoms with Gasteiger partial charge >= 0.3 is 0 Å². The predicted molar refractivity (Wildman–Crippen MR) is 121 cm³/mol. The van der Waals surface area contributed by atoms with Gasteiger partial charge in [0.2, 0.25) is 5.91 Å². The summed E-state index contributed by atoms with van der Waals surface area (Å²) in [6.07, 6.45) is 3.87. The van der Waals surface area contributed by atoms with Crippen LogP contribution in [-0.2, 0) is 18.4 Å². The fourth-order valence-electron chi connectivity index (χ4n) is 3.94. The lowest BCUT2D eigenvalue weighted by molar-refractivity contribution is -0.131. The van der Waals surface area contributed by atoms with Gasteiger partial charge in [-0.15, -0.1) is 0 Å². The number of likely N-dealkylation sites (N-methyl/N-ethyl adjacent to an activating group) is 1. The lowest BCUT2D eigenvalue weighted by Gasteiger charge is -2.19. The number of amides is 2. The Morgan fingerprint density at radius 1 is 0.967 bits per heavy atom. The van der Waals surface area contributed by atoms with Crippen LogP contribution in [0.15, 0.2) is 60.9 Å². The van der Waals surface area contributed by atoms with E-state index in [9.17, 15) is 9.59 Å². The standard InChI is InChI=1S/C24H26N4O2/c1-4-27(5-2)23(29)16-28-14-11-17-15-18(9-10-21(17)28)25-24(30)20-7-6-8-22-19(20)12-13-26(22)3/h6-15H,4-5,16H2,1-3H3,(H,25,30). The van der Waals surface area contributed by atoms with Gasteiger partial charge in [-0.3, -0.25) is 9.59 Å². The lowest BCUT2D eigenvalue weighted by atomic mass is 10.1. The minimum absolute atomic E-state index is 0.103. The SMILES string of the molecule is CCN(CC)C(=O)Cn1ccc2cc(NC(=O)c3cccc4c3ccn4C)ccc21. The summed E-state index contributed by atoms with van der Waals surface area (Å²) in [6.45, 7) is 5.70. The maximum absolute atomic E-state index is 12.9. The van der Waals surface area contributed by atoms with Gasteiger partial charge in [0.05, 0.1) is 0 Å². The van der Waals surface area contributed by atoms with Crippen molar-refractivity contribution < 1.29 is 9.59 Å². The van der Waals surface area contributed by atoms with E-state index < -0.39 is 0 Å². The highest BCUT2D eigenvalue weighted by atomic mass is 16.2. The molecule has 0 aliphatic rings. The Labute approximate surface area is 175 Å². The molecule has 0 radical (unpaired) electrons. The third kappa shape index (κ3) is 3.56. The second kappa shape index (κ2) is 8.06. The van der Waals surface area contributed by atoms with Gasteiger partial charge in [0, 0.05) is 65.6 Å². The van der Waals surface area contributed by atoms with Gasteiger partial charge in [-0.05, 0) is 56.3 Å². The highest BCUT2D eigenvalue weighted by Gasteiger charge is 2.14. The highest BCUT2D eigenvalue weighted by Crippen LogP contribution is 2.24. The Hall–Kier alpha value is -3.54. The molecular weight excluding hydrogens is 376 g/mol. The monoisotopic (exact) mass is 402 g/mol. The molecule has 0 aliphatic heterocycles. The number of carbonyl (C=O) groups is 2. The number of hydrogen-bond donors (Lipinski definition) is 1. The van der Waals surface area contributed by atoms with Gasteiger partial charge < -0.3 is 19.4 Å². The summed E-state index contributed by atoms with van der Waals surface area (Å²) in [4.78, 5) is 27.2. The van der Waals surface area contributed by atoms with Crippen molar-refractivity contribution in [3.05, 3.63) is 66.5 Å². The van der Waals surface area contributed by atoms with Gasteiger partial charge in [-0.1, -0.05) is 6.07 Å². The zero-order chi connectivity index (χ0) is 21.3. The third-order valence-electron chi connectivity index (χ3n) is 5.62. The molecule has 6 nitrogen and oxygen atoms in total. The molecule has 0 atom stereocenters. The molecule has 154 valence electrons. The summed E-state index contributed by atoms with van der Waals surface area (Å²) in [6, 6.07) is 15.4. The van der Waals surface area contributed by atoms with Crippen LogP contribution in [0.4, 0.5) is 5.69 Å². The van der Waals surface area contributed by atoms with Crippen LogP contribution in [0.25, 0.3) is 21.8 Å². The first-order chi connectivity index (χ1) is 14.5. The molecule has 1 N–H and O–H groups in total. The molecule has 2 aromatic heterocycles. The Morgan fingerprint density at radius 3 is 2.53 bits per heavy atom. The first-order valence-electron chi connectivity index (χ1n) is 10.2. The Bertz CT molecular complexity index is 1230. The molecule has 0 saturated heterocycles. The smallest absolute Gasteiger partial charge is 0.256 e. The second-order valence-electron chi connectivity index (χ2n) is 7.40. The summed E-state index contributed by atoms with van der Waals surface area (Å²) in [5.74, 6) is -0.0341. The van der Waals surface area contributed by atoms with Gasteiger partial charge in [-0.25, -0.2) is 0 Å². The molecule has 30 heavy (non-hydrogen) atoms. The topological polar surface area (TPSA) is 59.3 Å². The number of aryl methyl sites for hydroxylation is 1. The average Bonchev–Trinajstić information content (AvgIpc) is 3.32. The first-order valence-corrected chi connectivity index (χ1v) is 10.2. The van der Waals surface area contributed by atoms with Crippen molar-refractivity contribution in [2.75, 3.05) is 18.4 Å². The van der Waals surface area contributed by atoms with Crippen molar-refractivity contribution in [3.63, 3.8) is 0 Å². The van der Waals surface area contributed by atoms with E-state index in [-0.39, 0.29) is 11.8 Å². The number of nitrogens with one attached hydrogen (secondary N) is 1. The Balaban J connectivity index is 1.56. The van der Waals surface area contributed by atoms with E-state index in [0.29, 0.717) is 25.2 Å². The number of carbonyl (C=O) groups excluding carboxylic acids is 2. The summed E-state index contributed by atoms with van der Waals surface area (Å²) in [5.41, 5.74) is 3.37. The largest absolute Gasteiger partial charge is 0.351 e. The van der Waals surface area contributed by atoms with Crippen LogP contribution in [0.5, 0.6) is 0 Å². The lowest BCUT2D eigenvalue weighted by Crippen LogP contribution is -2.33. The van der Waals surface area contributed by atoms with Crippen molar-refractivity contribution >= 4 is 39.3 Å². The summed E-state index contributed by atoms with van der Waals surface area (Å²) in [5, 5.41) is 4.92. The van der Waals surface area contributed by atoms with E-state index in [4.69, 9.17) is 0 Å². The maximum Gasteiger partial charge on any atom is 0.256 e. The molecule has 4 rings (SSSR count). The number of nitrogens with zero attached hydrogens (tertiary/aromatic N) is 3. The summed E-state index contributed by atoms with van der Waals surface area (Å²) >= 11 is 0. The Kier molecular flexibility index (Phi) is 5.31. The van der Waals surface area contributed by atoms with E-state index in [0.717, 1.165) is 27.5 Å². The van der Waals surface area contributed by atoms with Crippen LogP contribution in [0.2, 0.25) is 0 Å². The predicted octanol–water partition coefficient (Wildman–Crippen LogP) is 4.25. The van der Waals surface area contributed by atoms with Crippen LogP contribution in [0, 0.1) is 0 Å². The van der Waals surface area contributed by atoms with E-state index in [1.165, 1.54) is 0 Å². The number of fused-ring (bicyclic) bond motifs is 2. The molecule has 4 aromatic rings. The first kappa shape index (κ1) is 19.8. The molecule has 6 heteroatoms. The fraction of sp³-hybridized carbons (Fsp3) is 0.250. The zero-order valence-corrected chi connectivity index (χ0v) is 17.6. The molecule has 0 spiro atoms. The molecule has 2 amide bonds. The van der Waals surface area contributed by atoms with Crippen molar-refractivity contribution in [1.82, 2.24) is 14.0 Å². The maximum atomic E-state index is 12.9. The van der Waals surface area contributed by atoms with Crippen molar-refractivity contribution in [1.29, 1.82) is 0 Å². The molecule has 0 aliphatic carbocycles. The van der Waals surface area contributed by atoms with Gasteiger partial charge in [0.15, 0.2) is 0 Å². The molecule has 2 aromatic carbocycles. The normalized spacial score (nSPS) is 11.2. The van der Waals surface area contributed by atoms with Gasteiger partial charge in [0.25, 0.3) is 5.91 Å². The minimum Gasteiger partial charge on any atom is -0.351 e. The van der Waals surface area contributed by atoms with Crippen molar-refractivity contribution in [2.45, 2.75) is 20.4 Å². The van der Waals surface area contributed by atoms with Crippen LogP contribution >= 0.6 is 0 Å². The number of benzene rings is 2. The van der Waals surface area contributed by atoms with Crippen LogP contribution in [0.1, 0.15) is 24.2 Å². The molecule has 0 bridgehead atoms. The van der Waals surface area contributed by atoms with E-state index in [1.807, 2.05) is 95.9 Å². The molecular formula is C24H26N4O2. The van der Waals surface area contributed by atoms with Gasteiger partial charge in [0.1, 0.15) is 6.54 Å². The number of aromatic nitrogens is 2. The van der Waals surface area contributed by atoms with E-state index in [1.54, 1.807) is 0 Å². The quantitative estimate of drug-likeness (QED) is 0.524. The summed E-state index contributed by atoms with van der Waals surface area (Å²) < 4.78 is 3.95. The molecule has 0 unspecified atom stereocenters. The van der Waals surface area contributed by atoms with Crippen LogP contribution in [0.3, 0.4) is 0 Å². The number of hydrogen-bond acceptors (Lipinski definition) is 2. The van der Waals surface area contributed by atoms with Crippen LogP contribution < -0.4 is 5.32 Å². The highest BCUT2D eigenvalue weighted by molar-refractivity contribution is 6.13. The molecule has 2 heterocycles. The van der Waals surface area contributed by atoms with Crippen LogP contribution in [-0.4, -0.2) is 38.9 Å². The molecule has 0 fully saturated rings. The van der Waals surface area contributed by atoms with Crippen molar-refractivity contribution in [2.24, 2.45) is 7.05 Å². The third-order valence-corrected chi connectivity index (χ3v) is 5.62. The number of rotatable bonds is 6. The average molecular weight is 402 g/mol. The minimum atomic E-state index is -0.137. The zero-order valence-electron chi connectivity index (χ0n) is 17.6. The van der Waals surface area contributed by atoms with E-state index >= 15 is 0 Å². The second-order valence-corrected chi connectivity index (χ2v) is 7.40. The van der Waals surface area contributed by atoms with Crippen molar-refractivity contribution in [3.8, 4) is 0 Å². The fourth-order valence-corrected chi connectivity index (χ4v) is 3.94. The van der Waals surface area contributed by atoms with E-state index in [2.05, 4.69) is 5.32 Å². The Morgan fingerprint density at radius 2 is 1.77 bits per heavy atom.